The van der Waals surface area contributed by atoms with Crippen molar-refractivity contribution < 1.29 is 9.90 Å². The van der Waals surface area contributed by atoms with Crippen LogP contribution in [0.1, 0.15) is 24.8 Å². The Morgan fingerprint density at radius 2 is 2.26 bits per heavy atom. The van der Waals surface area contributed by atoms with Crippen molar-refractivity contribution in [1.82, 2.24) is 5.32 Å². The first-order chi connectivity index (χ1) is 9.04. The molecule has 1 aromatic carbocycles. The highest BCUT2D eigenvalue weighted by Gasteiger charge is 2.22. The SMILES string of the molecule is Cc1ccc(NC(=O)NCC2CCC(O)C2)cc1Cl. The first kappa shape index (κ1) is 14.2. The van der Waals surface area contributed by atoms with Crippen LogP contribution in [-0.4, -0.2) is 23.8 Å². The summed E-state index contributed by atoms with van der Waals surface area (Å²) in [4.78, 5) is 11.7. The van der Waals surface area contributed by atoms with Gasteiger partial charge < -0.3 is 15.7 Å². The van der Waals surface area contributed by atoms with Gasteiger partial charge in [-0.25, -0.2) is 4.79 Å². The Morgan fingerprint density at radius 3 is 2.89 bits per heavy atom. The van der Waals surface area contributed by atoms with Gasteiger partial charge in [-0.3, -0.25) is 0 Å². The summed E-state index contributed by atoms with van der Waals surface area (Å²) in [6, 6.07) is 5.18. The maximum atomic E-state index is 11.7. The van der Waals surface area contributed by atoms with Gasteiger partial charge in [-0.15, -0.1) is 0 Å². The van der Waals surface area contributed by atoms with Crippen molar-refractivity contribution in [1.29, 1.82) is 0 Å². The Balaban J connectivity index is 1.79. The van der Waals surface area contributed by atoms with Gasteiger partial charge in [-0.05, 0) is 49.8 Å². The molecule has 0 radical (unpaired) electrons. The number of urea groups is 1. The maximum absolute atomic E-state index is 11.7. The third-order valence-electron chi connectivity index (χ3n) is 3.49. The van der Waals surface area contributed by atoms with Crippen LogP contribution < -0.4 is 10.6 Å². The van der Waals surface area contributed by atoms with Crippen LogP contribution in [-0.2, 0) is 0 Å². The second-order valence-electron chi connectivity index (χ2n) is 5.13. The minimum absolute atomic E-state index is 0.203. The normalized spacial score (nSPS) is 22.3. The van der Waals surface area contributed by atoms with E-state index in [9.17, 15) is 9.90 Å². The number of aliphatic hydroxyl groups is 1. The van der Waals surface area contributed by atoms with E-state index in [1.165, 1.54) is 0 Å². The molecule has 19 heavy (non-hydrogen) atoms. The molecule has 5 heteroatoms. The molecule has 0 aliphatic heterocycles. The van der Waals surface area contributed by atoms with E-state index in [4.69, 9.17) is 11.6 Å². The van der Waals surface area contributed by atoms with Gasteiger partial charge in [0.1, 0.15) is 0 Å². The van der Waals surface area contributed by atoms with Crippen LogP contribution in [0.4, 0.5) is 10.5 Å². The van der Waals surface area contributed by atoms with Gasteiger partial charge in [0, 0.05) is 17.3 Å². The second kappa shape index (κ2) is 6.26. The summed E-state index contributed by atoms with van der Waals surface area (Å²) in [6.07, 6.45) is 2.38. The molecule has 0 aromatic heterocycles. The van der Waals surface area contributed by atoms with Gasteiger partial charge >= 0.3 is 6.03 Å². The molecule has 1 aliphatic rings. The monoisotopic (exact) mass is 282 g/mol. The lowest BCUT2D eigenvalue weighted by Gasteiger charge is -2.12. The van der Waals surface area contributed by atoms with Crippen LogP contribution >= 0.6 is 11.6 Å². The standard InChI is InChI=1S/C14H19ClN2O2/c1-9-2-4-11(7-13(9)15)17-14(19)16-8-10-3-5-12(18)6-10/h2,4,7,10,12,18H,3,5-6,8H2,1H3,(H2,16,17,19). The minimum atomic E-state index is -0.235. The zero-order chi connectivity index (χ0) is 13.8. The lowest BCUT2D eigenvalue weighted by Crippen LogP contribution is -2.32. The smallest absolute Gasteiger partial charge is 0.319 e. The van der Waals surface area contributed by atoms with Crippen LogP contribution in [0.2, 0.25) is 5.02 Å². The molecule has 4 nitrogen and oxygen atoms in total. The Hall–Kier alpha value is -1.26. The third-order valence-corrected chi connectivity index (χ3v) is 3.90. The molecule has 2 amide bonds. The molecule has 1 aromatic rings. The summed E-state index contributed by atoms with van der Waals surface area (Å²) in [5.41, 5.74) is 1.66. The van der Waals surface area contributed by atoms with Gasteiger partial charge in [0.2, 0.25) is 0 Å². The number of carbonyl (C=O) groups excluding carboxylic acids is 1. The van der Waals surface area contributed by atoms with E-state index in [1.54, 1.807) is 6.07 Å². The average Bonchev–Trinajstić information content (AvgIpc) is 2.77. The molecule has 1 aliphatic carbocycles. The molecular formula is C14H19ClN2O2. The summed E-state index contributed by atoms with van der Waals surface area (Å²) in [7, 11) is 0. The van der Waals surface area contributed by atoms with Crippen LogP contribution in [0.25, 0.3) is 0 Å². The van der Waals surface area contributed by atoms with E-state index < -0.39 is 0 Å². The van der Waals surface area contributed by atoms with Crippen LogP contribution in [0.5, 0.6) is 0 Å². The van der Waals surface area contributed by atoms with Gasteiger partial charge in [0.05, 0.1) is 6.10 Å². The molecule has 1 fully saturated rings. The number of benzene rings is 1. The summed E-state index contributed by atoms with van der Waals surface area (Å²) in [5.74, 6) is 0.377. The zero-order valence-electron chi connectivity index (χ0n) is 10.9. The number of hydrogen-bond acceptors (Lipinski definition) is 2. The molecule has 1 saturated carbocycles. The van der Waals surface area contributed by atoms with Crippen molar-refractivity contribution in [2.45, 2.75) is 32.3 Å². The van der Waals surface area contributed by atoms with E-state index in [1.807, 2.05) is 19.1 Å². The van der Waals surface area contributed by atoms with E-state index in [-0.39, 0.29) is 12.1 Å². The fraction of sp³-hybridized carbons (Fsp3) is 0.500. The van der Waals surface area contributed by atoms with Crippen LogP contribution in [0.15, 0.2) is 18.2 Å². The summed E-state index contributed by atoms with van der Waals surface area (Å²) >= 11 is 5.99. The highest BCUT2D eigenvalue weighted by molar-refractivity contribution is 6.31. The summed E-state index contributed by atoms with van der Waals surface area (Å²) < 4.78 is 0. The van der Waals surface area contributed by atoms with Crippen LogP contribution in [0.3, 0.4) is 0 Å². The largest absolute Gasteiger partial charge is 0.393 e. The first-order valence-electron chi connectivity index (χ1n) is 6.53. The number of amides is 2. The van der Waals surface area contributed by atoms with Crippen molar-refractivity contribution >= 4 is 23.3 Å². The number of anilines is 1. The Bertz CT molecular complexity index is 465. The van der Waals surface area contributed by atoms with E-state index >= 15 is 0 Å². The molecule has 0 heterocycles. The van der Waals surface area contributed by atoms with Crippen molar-refractivity contribution in [2.24, 2.45) is 5.92 Å². The molecule has 2 rings (SSSR count). The summed E-state index contributed by atoms with van der Waals surface area (Å²) in [6.45, 7) is 2.51. The van der Waals surface area contributed by atoms with Crippen molar-refractivity contribution in [3.05, 3.63) is 28.8 Å². The van der Waals surface area contributed by atoms with Gasteiger partial charge in [-0.1, -0.05) is 17.7 Å². The predicted molar refractivity (Wildman–Crippen MR) is 76.6 cm³/mol. The Labute approximate surface area is 118 Å². The van der Waals surface area contributed by atoms with Crippen molar-refractivity contribution in [3.63, 3.8) is 0 Å². The quantitative estimate of drug-likeness (QED) is 0.798. The number of aliphatic hydroxyl groups excluding tert-OH is 1. The number of hydrogen-bond donors (Lipinski definition) is 3. The van der Waals surface area contributed by atoms with E-state index in [2.05, 4.69) is 10.6 Å². The molecule has 3 N–H and O–H groups in total. The molecule has 2 atom stereocenters. The lowest BCUT2D eigenvalue weighted by atomic mass is 10.1. The highest BCUT2D eigenvalue weighted by atomic mass is 35.5. The van der Waals surface area contributed by atoms with E-state index in [0.717, 1.165) is 24.8 Å². The number of rotatable bonds is 3. The number of aryl methyl sites for hydroxylation is 1. The van der Waals surface area contributed by atoms with Crippen molar-refractivity contribution in [2.75, 3.05) is 11.9 Å². The second-order valence-corrected chi connectivity index (χ2v) is 5.54. The lowest BCUT2D eigenvalue weighted by molar-refractivity contribution is 0.177. The molecular weight excluding hydrogens is 264 g/mol. The van der Waals surface area contributed by atoms with Gasteiger partial charge in [-0.2, -0.15) is 0 Å². The third kappa shape index (κ3) is 4.11. The molecule has 104 valence electrons. The maximum Gasteiger partial charge on any atom is 0.319 e. The van der Waals surface area contributed by atoms with Crippen molar-refractivity contribution in [3.8, 4) is 0 Å². The Kier molecular flexibility index (Phi) is 4.66. The minimum Gasteiger partial charge on any atom is -0.393 e. The van der Waals surface area contributed by atoms with E-state index in [0.29, 0.717) is 23.2 Å². The van der Waals surface area contributed by atoms with Gasteiger partial charge in [0.15, 0.2) is 0 Å². The molecule has 2 unspecified atom stereocenters. The molecule has 0 spiro atoms. The predicted octanol–water partition coefficient (Wildman–Crippen LogP) is 2.93. The van der Waals surface area contributed by atoms with Gasteiger partial charge in [0.25, 0.3) is 0 Å². The molecule has 0 bridgehead atoms. The average molecular weight is 283 g/mol. The number of carbonyl (C=O) groups is 1. The number of nitrogens with one attached hydrogen (secondary N) is 2. The highest BCUT2D eigenvalue weighted by Crippen LogP contribution is 2.24. The fourth-order valence-electron chi connectivity index (χ4n) is 2.32. The van der Waals surface area contributed by atoms with Crippen LogP contribution in [0, 0.1) is 12.8 Å². The first-order valence-corrected chi connectivity index (χ1v) is 6.91. The number of halogens is 1. The summed E-state index contributed by atoms with van der Waals surface area (Å²) in [5, 5.41) is 15.6. The topological polar surface area (TPSA) is 61.4 Å². The fourth-order valence-corrected chi connectivity index (χ4v) is 2.50. The molecule has 0 saturated heterocycles. The Morgan fingerprint density at radius 1 is 1.47 bits per heavy atom. The zero-order valence-corrected chi connectivity index (χ0v) is 11.7.